The standard InChI is InChI=1S/C12H19NO2/c1-10(2)13(14)9-12(15-3)11-7-5-4-6-8-11/h4-8,10,12,14H,9H2,1-3H3. The van der Waals surface area contributed by atoms with Crippen LogP contribution in [0, 0.1) is 0 Å². The van der Waals surface area contributed by atoms with Gasteiger partial charge in [-0.05, 0) is 19.4 Å². The van der Waals surface area contributed by atoms with E-state index < -0.39 is 0 Å². The molecule has 0 saturated carbocycles. The van der Waals surface area contributed by atoms with Crippen molar-refractivity contribution >= 4 is 0 Å². The lowest BCUT2D eigenvalue weighted by molar-refractivity contribution is -0.141. The maximum atomic E-state index is 9.64. The SMILES string of the molecule is COC(CN(O)C(C)C)c1ccccc1. The van der Waals surface area contributed by atoms with Crippen molar-refractivity contribution in [3.8, 4) is 0 Å². The highest BCUT2D eigenvalue weighted by molar-refractivity contribution is 5.17. The predicted molar refractivity (Wildman–Crippen MR) is 59.8 cm³/mol. The molecule has 0 saturated heterocycles. The molecule has 0 aliphatic heterocycles. The van der Waals surface area contributed by atoms with Crippen LogP contribution in [-0.2, 0) is 4.74 Å². The zero-order chi connectivity index (χ0) is 11.3. The predicted octanol–water partition coefficient (Wildman–Crippen LogP) is 2.47. The molecule has 1 N–H and O–H groups in total. The Labute approximate surface area is 91.2 Å². The number of rotatable bonds is 5. The Hall–Kier alpha value is -0.900. The second kappa shape index (κ2) is 5.85. The van der Waals surface area contributed by atoms with Crippen LogP contribution in [0.25, 0.3) is 0 Å². The van der Waals surface area contributed by atoms with Gasteiger partial charge in [0, 0.05) is 13.2 Å². The summed E-state index contributed by atoms with van der Waals surface area (Å²) in [6.07, 6.45) is -0.0846. The lowest BCUT2D eigenvalue weighted by Gasteiger charge is -2.24. The van der Waals surface area contributed by atoms with E-state index in [0.717, 1.165) is 5.56 Å². The summed E-state index contributed by atoms with van der Waals surface area (Å²) in [5, 5.41) is 10.9. The van der Waals surface area contributed by atoms with Crippen LogP contribution in [0.1, 0.15) is 25.5 Å². The second-order valence-corrected chi connectivity index (χ2v) is 3.85. The van der Waals surface area contributed by atoms with Gasteiger partial charge in [0.05, 0.1) is 12.6 Å². The fraction of sp³-hybridized carbons (Fsp3) is 0.500. The quantitative estimate of drug-likeness (QED) is 0.756. The van der Waals surface area contributed by atoms with E-state index in [0.29, 0.717) is 6.54 Å². The number of benzene rings is 1. The zero-order valence-corrected chi connectivity index (χ0v) is 9.55. The zero-order valence-electron chi connectivity index (χ0n) is 9.55. The summed E-state index contributed by atoms with van der Waals surface area (Å²) in [4.78, 5) is 0. The van der Waals surface area contributed by atoms with Crippen molar-refractivity contribution in [1.29, 1.82) is 0 Å². The van der Waals surface area contributed by atoms with E-state index in [9.17, 15) is 5.21 Å². The summed E-state index contributed by atoms with van der Waals surface area (Å²) in [7, 11) is 1.66. The normalized spacial score (nSPS) is 13.5. The van der Waals surface area contributed by atoms with Gasteiger partial charge in [0.15, 0.2) is 0 Å². The summed E-state index contributed by atoms with van der Waals surface area (Å²) in [5.74, 6) is 0. The molecule has 1 aromatic rings. The maximum absolute atomic E-state index is 9.64. The van der Waals surface area contributed by atoms with Crippen LogP contribution in [-0.4, -0.2) is 30.0 Å². The average molecular weight is 209 g/mol. The lowest BCUT2D eigenvalue weighted by atomic mass is 10.1. The van der Waals surface area contributed by atoms with Crippen LogP contribution < -0.4 is 0 Å². The van der Waals surface area contributed by atoms with Gasteiger partial charge in [-0.2, -0.15) is 5.06 Å². The molecule has 0 fully saturated rings. The first-order valence-corrected chi connectivity index (χ1v) is 5.18. The van der Waals surface area contributed by atoms with Gasteiger partial charge in [0.1, 0.15) is 0 Å². The Bertz CT molecular complexity index is 274. The molecule has 1 unspecified atom stereocenters. The molecule has 0 aromatic heterocycles. The topological polar surface area (TPSA) is 32.7 Å². The minimum Gasteiger partial charge on any atom is -0.375 e. The molecule has 1 rings (SSSR count). The van der Waals surface area contributed by atoms with Crippen molar-refractivity contribution in [3.63, 3.8) is 0 Å². The van der Waals surface area contributed by atoms with Gasteiger partial charge in [-0.25, -0.2) is 0 Å². The molecule has 1 atom stereocenters. The lowest BCUT2D eigenvalue weighted by Crippen LogP contribution is -2.32. The summed E-state index contributed by atoms with van der Waals surface area (Å²) in [6, 6.07) is 10.0. The maximum Gasteiger partial charge on any atom is 0.0971 e. The van der Waals surface area contributed by atoms with Gasteiger partial charge < -0.3 is 9.94 Å². The van der Waals surface area contributed by atoms with E-state index in [-0.39, 0.29) is 12.1 Å². The number of hydrogen-bond donors (Lipinski definition) is 1. The molecule has 0 amide bonds. The molecule has 0 heterocycles. The summed E-state index contributed by atoms with van der Waals surface area (Å²) < 4.78 is 5.36. The van der Waals surface area contributed by atoms with E-state index in [1.165, 1.54) is 5.06 Å². The highest BCUT2D eigenvalue weighted by Crippen LogP contribution is 2.17. The first kappa shape index (κ1) is 12.2. The molecule has 0 aliphatic rings. The van der Waals surface area contributed by atoms with Gasteiger partial charge in [-0.1, -0.05) is 30.3 Å². The summed E-state index contributed by atoms with van der Waals surface area (Å²) in [6.45, 7) is 4.37. The third kappa shape index (κ3) is 3.63. The van der Waals surface area contributed by atoms with Crippen molar-refractivity contribution < 1.29 is 9.94 Å². The fourth-order valence-corrected chi connectivity index (χ4v) is 1.36. The number of hydroxylamine groups is 2. The van der Waals surface area contributed by atoms with Gasteiger partial charge in [-0.15, -0.1) is 0 Å². The molecule has 3 heteroatoms. The van der Waals surface area contributed by atoms with Crippen LogP contribution in [0.3, 0.4) is 0 Å². The molecule has 0 aliphatic carbocycles. The van der Waals surface area contributed by atoms with E-state index in [1.54, 1.807) is 7.11 Å². The highest BCUT2D eigenvalue weighted by Gasteiger charge is 2.15. The van der Waals surface area contributed by atoms with Crippen molar-refractivity contribution in [2.45, 2.75) is 26.0 Å². The van der Waals surface area contributed by atoms with E-state index in [1.807, 2.05) is 44.2 Å². The number of nitrogens with zero attached hydrogens (tertiary/aromatic N) is 1. The minimum atomic E-state index is -0.0846. The smallest absolute Gasteiger partial charge is 0.0971 e. The summed E-state index contributed by atoms with van der Waals surface area (Å²) in [5.41, 5.74) is 1.08. The molecule has 0 bridgehead atoms. The first-order chi connectivity index (χ1) is 7.15. The Morgan fingerprint density at radius 2 is 1.87 bits per heavy atom. The Kier molecular flexibility index (Phi) is 4.75. The summed E-state index contributed by atoms with van der Waals surface area (Å²) >= 11 is 0. The highest BCUT2D eigenvalue weighted by atomic mass is 16.5. The average Bonchev–Trinajstić information content (AvgIpc) is 2.26. The van der Waals surface area contributed by atoms with Crippen LogP contribution in [0.2, 0.25) is 0 Å². The third-order valence-electron chi connectivity index (χ3n) is 2.40. The third-order valence-corrected chi connectivity index (χ3v) is 2.40. The van der Waals surface area contributed by atoms with Gasteiger partial charge in [0.2, 0.25) is 0 Å². The fourth-order valence-electron chi connectivity index (χ4n) is 1.36. The van der Waals surface area contributed by atoms with Crippen LogP contribution >= 0.6 is 0 Å². The van der Waals surface area contributed by atoms with Crippen molar-refractivity contribution in [2.75, 3.05) is 13.7 Å². The Morgan fingerprint density at radius 3 is 2.33 bits per heavy atom. The van der Waals surface area contributed by atoms with Crippen LogP contribution in [0.4, 0.5) is 0 Å². The monoisotopic (exact) mass is 209 g/mol. The van der Waals surface area contributed by atoms with Gasteiger partial charge in [-0.3, -0.25) is 0 Å². The molecule has 15 heavy (non-hydrogen) atoms. The molecular formula is C12H19NO2. The molecule has 1 aromatic carbocycles. The largest absolute Gasteiger partial charge is 0.375 e. The Balaban J connectivity index is 2.65. The Morgan fingerprint density at radius 1 is 1.27 bits per heavy atom. The van der Waals surface area contributed by atoms with Gasteiger partial charge >= 0.3 is 0 Å². The van der Waals surface area contributed by atoms with Crippen LogP contribution in [0.15, 0.2) is 30.3 Å². The number of ether oxygens (including phenoxy) is 1. The molecule has 84 valence electrons. The molecule has 0 spiro atoms. The molecule has 0 radical (unpaired) electrons. The van der Waals surface area contributed by atoms with Crippen LogP contribution in [0.5, 0.6) is 0 Å². The van der Waals surface area contributed by atoms with Crippen molar-refractivity contribution in [2.24, 2.45) is 0 Å². The minimum absolute atomic E-state index is 0.0846. The number of methoxy groups -OCH3 is 1. The van der Waals surface area contributed by atoms with E-state index in [2.05, 4.69) is 0 Å². The van der Waals surface area contributed by atoms with E-state index >= 15 is 0 Å². The van der Waals surface area contributed by atoms with E-state index in [4.69, 9.17) is 4.74 Å². The molecule has 3 nitrogen and oxygen atoms in total. The van der Waals surface area contributed by atoms with Crippen molar-refractivity contribution in [3.05, 3.63) is 35.9 Å². The van der Waals surface area contributed by atoms with Crippen molar-refractivity contribution in [1.82, 2.24) is 5.06 Å². The second-order valence-electron chi connectivity index (χ2n) is 3.85. The molecular weight excluding hydrogens is 190 g/mol. The number of hydrogen-bond acceptors (Lipinski definition) is 3. The first-order valence-electron chi connectivity index (χ1n) is 5.18. The van der Waals surface area contributed by atoms with Gasteiger partial charge in [0.25, 0.3) is 0 Å².